The minimum absolute atomic E-state index is 0.458. The van der Waals surface area contributed by atoms with E-state index in [1.807, 2.05) is 25.1 Å². The summed E-state index contributed by atoms with van der Waals surface area (Å²) in [6.07, 6.45) is 0. The molecule has 0 aliphatic rings. The molecule has 0 spiro atoms. The van der Waals surface area contributed by atoms with Crippen molar-refractivity contribution in [2.75, 3.05) is 5.73 Å². The Kier molecular flexibility index (Phi) is 4.38. The molecule has 2 aromatic rings. The van der Waals surface area contributed by atoms with Gasteiger partial charge in [0.25, 0.3) is 0 Å². The number of hydrogen-bond acceptors (Lipinski definition) is 3. The number of thioether (sulfide) groups is 1. The lowest BCUT2D eigenvalue weighted by Gasteiger charge is -2.08. The third-order valence-electron chi connectivity index (χ3n) is 2.58. The van der Waals surface area contributed by atoms with E-state index in [-0.39, 0.29) is 0 Å². The lowest BCUT2D eigenvalue weighted by atomic mass is 10.2. The van der Waals surface area contributed by atoms with Crippen molar-refractivity contribution in [1.29, 1.82) is 0 Å². The number of aromatic nitrogens is 1. The van der Waals surface area contributed by atoms with E-state index in [4.69, 9.17) is 28.9 Å². The monoisotopic (exact) mass is 298 g/mol. The van der Waals surface area contributed by atoms with Crippen LogP contribution in [0, 0.1) is 6.92 Å². The number of pyridine rings is 1. The third-order valence-corrected chi connectivity index (χ3v) is 4.30. The Labute approximate surface area is 121 Å². The number of rotatable bonds is 3. The van der Waals surface area contributed by atoms with Crippen LogP contribution in [0.25, 0.3) is 0 Å². The van der Waals surface area contributed by atoms with Crippen LogP contribution in [0.4, 0.5) is 5.69 Å². The molecule has 1 aromatic carbocycles. The Morgan fingerprint density at radius 1 is 1.22 bits per heavy atom. The molecule has 2 nitrogen and oxygen atoms in total. The largest absolute Gasteiger partial charge is 0.398 e. The fraction of sp³-hybridized carbons (Fsp3) is 0.154. The first-order chi connectivity index (χ1) is 8.58. The summed E-state index contributed by atoms with van der Waals surface area (Å²) >= 11 is 13.6. The molecule has 1 aromatic heterocycles. The molecule has 0 bridgehead atoms. The second-order valence-corrected chi connectivity index (χ2v) is 5.63. The van der Waals surface area contributed by atoms with Gasteiger partial charge in [-0.05, 0) is 36.8 Å². The number of nitrogens with zero attached hydrogens (tertiary/aromatic N) is 1. The number of benzene rings is 1. The van der Waals surface area contributed by atoms with E-state index in [0.717, 1.165) is 21.8 Å². The van der Waals surface area contributed by atoms with Gasteiger partial charge >= 0.3 is 0 Å². The van der Waals surface area contributed by atoms with Crippen molar-refractivity contribution >= 4 is 40.7 Å². The van der Waals surface area contributed by atoms with Crippen LogP contribution in [0.15, 0.2) is 35.2 Å². The zero-order chi connectivity index (χ0) is 13.1. The van der Waals surface area contributed by atoms with E-state index in [0.29, 0.717) is 15.9 Å². The lowest BCUT2D eigenvalue weighted by molar-refractivity contribution is 1.17. The molecule has 1 heterocycles. The van der Waals surface area contributed by atoms with Crippen molar-refractivity contribution in [3.8, 4) is 0 Å². The van der Waals surface area contributed by atoms with Gasteiger partial charge in [-0.2, -0.15) is 0 Å². The quantitative estimate of drug-likeness (QED) is 0.512. The number of anilines is 1. The Morgan fingerprint density at radius 2 is 2.00 bits per heavy atom. The van der Waals surface area contributed by atoms with E-state index in [2.05, 4.69) is 4.98 Å². The van der Waals surface area contributed by atoms with Gasteiger partial charge in [0.15, 0.2) is 0 Å². The summed E-state index contributed by atoms with van der Waals surface area (Å²) < 4.78 is 0. The molecule has 0 radical (unpaired) electrons. The highest BCUT2D eigenvalue weighted by molar-refractivity contribution is 7.98. The Hall–Kier alpha value is -0.900. The van der Waals surface area contributed by atoms with Crippen LogP contribution in [0.1, 0.15) is 11.3 Å². The molecule has 18 heavy (non-hydrogen) atoms. The van der Waals surface area contributed by atoms with E-state index in [1.165, 1.54) is 0 Å². The molecule has 0 aliphatic carbocycles. The van der Waals surface area contributed by atoms with Crippen LogP contribution in [-0.2, 0) is 5.75 Å². The highest BCUT2D eigenvalue weighted by Gasteiger charge is 2.06. The maximum atomic E-state index is 6.07. The van der Waals surface area contributed by atoms with Gasteiger partial charge < -0.3 is 5.73 Å². The van der Waals surface area contributed by atoms with Crippen LogP contribution in [0.2, 0.25) is 10.2 Å². The van der Waals surface area contributed by atoms with Gasteiger partial charge in [-0.25, -0.2) is 4.98 Å². The predicted octanol–water partition coefficient (Wildman–Crippen LogP) is 4.57. The van der Waals surface area contributed by atoms with Crippen molar-refractivity contribution in [2.45, 2.75) is 17.6 Å². The van der Waals surface area contributed by atoms with Gasteiger partial charge in [-0.1, -0.05) is 29.3 Å². The number of nitrogens with two attached hydrogens (primary N) is 1. The van der Waals surface area contributed by atoms with Crippen LogP contribution in [0.3, 0.4) is 0 Å². The third kappa shape index (κ3) is 3.10. The normalized spacial score (nSPS) is 10.6. The second kappa shape index (κ2) is 5.83. The fourth-order valence-electron chi connectivity index (χ4n) is 1.49. The van der Waals surface area contributed by atoms with Gasteiger partial charge in [0.2, 0.25) is 0 Å². The smallest absolute Gasteiger partial charge is 0.129 e. The Bertz CT molecular complexity index is 571. The van der Waals surface area contributed by atoms with Crippen LogP contribution in [-0.4, -0.2) is 4.98 Å². The summed E-state index contributed by atoms with van der Waals surface area (Å²) in [5.74, 6) is 0.670. The van der Waals surface area contributed by atoms with E-state index in [9.17, 15) is 0 Å². The molecule has 0 amide bonds. The average molecular weight is 299 g/mol. The van der Waals surface area contributed by atoms with Gasteiger partial charge in [-0.3, -0.25) is 0 Å². The molecule has 2 N–H and O–H groups in total. The Morgan fingerprint density at radius 3 is 2.78 bits per heavy atom. The van der Waals surface area contributed by atoms with Crippen molar-refractivity contribution in [1.82, 2.24) is 4.98 Å². The lowest BCUT2D eigenvalue weighted by Crippen LogP contribution is -1.93. The summed E-state index contributed by atoms with van der Waals surface area (Å²) in [6, 6.07) is 9.32. The maximum absolute atomic E-state index is 6.07. The summed E-state index contributed by atoms with van der Waals surface area (Å²) in [6.45, 7) is 2.00. The highest BCUT2D eigenvalue weighted by atomic mass is 35.5. The topological polar surface area (TPSA) is 38.9 Å². The molecule has 0 atom stereocenters. The molecule has 94 valence electrons. The first-order valence-electron chi connectivity index (χ1n) is 5.36. The van der Waals surface area contributed by atoms with E-state index >= 15 is 0 Å². The molecule has 5 heteroatoms. The van der Waals surface area contributed by atoms with Crippen LogP contribution >= 0.6 is 35.0 Å². The van der Waals surface area contributed by atoms with Crippen molar-refractivity contribution in [2.24, 2.45) is 0 Å². The van der Waals surface area contributed by atoms with Crippen molar-refractivity contribution in [3.63, 3.8) is 0 Å². The standard InChI is InChI=1S/C13H12Cl2N2S/c1-8-10(16)3-2-4-12(8)18-7-11-9(14)5-6-13(15)17-11/h2-6H,7,16H2,1H3. The SMILES string of the molecule is Cc1c(N)cccc1SCc1nc(Cl)ccc1Cl. The summed E-state index contributed by atoms with van der Waals surface area (Å²) in [7, 11) is 0. The molecule has 0 fully saturated rings. The summed E-state index contributed by atoms with van der Waals surface area (Å²) in [5.41, 5.74) is 8.54. The van der Waals surface area contributed by atoms with Gasteiger partial charge in [0.05, 0.1) is 10.7 Å². The van der Waals surface area contributed by atoms with Crippen molar-refractivity contribution in [3.05, 3.63) is 51.8 Å². The molecule has 2 rings (SSSR count). The highest BCUT2D eigenvalue weighted by Crippen LogP contribution is 2.30. The molecular weight excluding hydrogens is 287 g/mol. The van der Waals surface area contributed by atoms with Crippen LogP contribution < -0.4 is 5.73 Å². The molecule has 0 saturated carbocycles. The number of nitrogen functional groups attached to an aromatic ring is 1. The van der Waals surface area contributed by atoms with Gasteiger partial charge in [0.1, 0.15) is 5.15 Å². The second-order valence-electron chi connectivity index (χ2n) is 3.82. The maximum Gasteiger partial charge on any atom is 0.129 e. The molecule has 0 saturated heterocycles. The predicted molar refractivity (Wildman–Crippen MR) is 79.4 cm³/mol. The summed E-state index contributed by atoms with van der Waals surface area (Å²) in [5, 5.41) is 1.09. The summed E-state index contributed by atoms with van der Waals surface area (Å²) in [4.78, 5) is 5.35. The average Bonchev–Trinajstić information content (AvgIpc) is 2.35. The zero-order valence-corrected chi connectivity index (χ0v) is 12.1. The zero-order valence-electron chi connectivity index (χ0n) is 9.78. The van der Waals surface area contributed by atoms with E-state index < -0.39 is 0 Å². The van der Waals surface area contributed by atoms with Gasteiger partial charge in [-0.15, -0.1) is 11.8 Å². The minimum atomic E-state index is 0.458. The van der Waals surface area contributed by atoms with Crippen molar-refractivity contribution < 1.29 is 0 Å². The Balaban J connectivity index is 2.16. The minimum Gasteiger partial charge on any atom is -0.398 e. The fourth-order valence-corrected chi connectivity index (χ4v) is 2.93. The molecular formula is C13H12Cl2N2S. The van der Waals surface area contributed by atoms with Gasteiger partial charge in [0, 0.05) is 16.3 Å². The molecule has 0 unspecified atom stereocenters. The van der Waals surface area contributed by atoms with Crippen LogP contribution in [0.5, 0.6) is 0 Å². The number of hydrogen-bond donors (Lipinski definition) is 1. The number of halogens is 2. The first-order valence-corrected chi connectivity index (χ1v) is 7.11. The molecule has 0 aliphatic heterocycles. The van der Waals surface area contributed by atoms with E-state index in [1.54, 1.807) is 23.9 Å². The first kappa shape index (κ1) is 13.5.